The van der Waals surface area contributed by atoms with Crippen molar-refractivity contribution >= 4 is 15.8 Å². The first-order valence-corrected chi connectivity index (χ1v) is 8.29. The third-order valence-electron chi connectivity index (χ3n) is 2.86. The SMILES string of the molecule is CC(C)(CCNCCCS(C)(=O)=O)CCC(=O)O. The molecule has 0 unspecified atom stereocenters. The van der Waals surface area contributed by atoms with Crippen LogP contribution in [0.4, 0.5) is 0 Å². The van der Waals surface area contributed by atoms with Crippen molar-refractivity contribution < 1.29 is 18.3 Å². The maximum Gasteiger partial charge on any atom is 0.303 e. The van der Waals surface area contributed by atoms with Crippen LogP contribution in [0, 0.1) is 5.41 Å². The summed E-state index contributed by atoms with van der Waals surface area (Å²) in [5.74, 6) is -0.549. The molecule has 6 heteroatoms. The second-order valence-corrected chi connectivity index (χ2v) is 7.80. The number of nitrogens with one attached hydrogen (secondary N) is 1. The molecule has 0 radical (unpaired) electrons. The Kier molecular flexibility index (Phi) is 7.47. The molecular weight excluding hydrogens is 254 g/mol. The van der Waals surface area contributed by atoms with E-state index >= 15 is 0 Å². The Labute approximate surface area is 110 Å². The summed E-state index contributed by atoms with van der Waals surface area (Å²) in [7, 11) is -2.86. The first kappa shape index (κ1) is 17.4. The first-order valence-electron chi connectivity index (χ1n) is 6.23. The summed E-state index contributed by atoms with van der Waals surface area (Å²) in [6.45, 7) is 5.57. The van der Waals surface area contributed by atoms with Crippen LogP contribution in [0.3, 0.4) is 0 Å². The largest absolute Gasteiger partial charge is 0.481 e. The smallest absolute Gasteiger partial charge is 0.303 e. The van der Waals surface area contributed by atoms with Gasteiger partial charge in [0.05, 0.1) is 5.75 Å². The number of rotatable bonds is 10. The van der Waals surface area contributed by atoms with E-state index in [1.54, 1.807) is 0 Å². The monoisotopic (exact) mass is 279 g/mol. The molecule has 0 aromatic heterocycles. The van der Waals surface area contributed by atoms with Crippen molar-refractivity contribution in [1.29, 1.82) is 0 Å². The Hall–Kier alpha value is -0.620. The van der Waals surface area contributed by atoms with Gasteiger partial charge in [-0.25, -0.2) is 8.42 Å². The minimum absolute atomic E-state index is 0.00221. The minimum atomic E-state index is -2.86. The summed E-state index contributed by atoms with van der Waals surface area (Å²) in [6, 6.07) is 0. The van der Waals surface area contributed by atoms with Gasteiger partial charge in [0.15, 0.2) is 0 Å². The van der Waals surface area contributed by atoms with Gasteiger partial charge in [-0.15, -0.1) is 0 Å². The molecule has 0 aliphatic carbocycles. The van der Waals surface area contributed by atoms with Crippen molar-refractivity contribution in [3.8, 4) is 0 Å². The van der Waals surface area contributed by atoms with Crippen LogP contribution in [0.2, 0.25) is 0 Å². The van der Waals surface area contributed by atoms with Crippen molar-refractivity contribution in [2.45, 2.75) is 39.5 Å². The zero-order valence-electron chi connectivity index (χ0n) is 11.5. The standard InChI is InChI=1S/C12H25NO4S/c1-12(2,6-5-11(14)15)7-9-13-8-4-10-18(3,16)17/h13H,4-10H2,1-3H3,(H,14,15). The van der Waals surface area contributed by atoms with Crippen LogP contribution in [0.5, 0.6) is 0 Å². The highest BCUT2D eigenvalue weighted by Gasteiger charge is 2.18. The predicted octanol–water partition coefficient (Wildman–Crippen LogP) is 1.29. The number of hydrogen-bond acceptors (Lipinski definition) is 4. The van der Waals surface area contributed by atoms with Gasteiger partial charge >= 0.3 is 5.97 Å². The quantitative estimate of drug-likeness (QED) is 0.589. The summed E-state index contributed by atoms with van der Waals surface area (Å²) < 4.78 is 21.8. The highest BCUT2D eigenvalue weighted by atomic mass is 32.2. The molecule has 18 heavy (non-hydrogen) atoms. The zero-order chi connectivity index (χ0) is 14.2. The van der Waals surface area contributed by atoms with Gasteiger partial charge in [0.25, 0.3) is 0 Å². The molecule has 0 atom stereocenters. The van der Waals surface area contributed by atoms with E-state index in [1.807, 2.05) is 13.8 Å². The fourth-order valence-electron chi connectivity index (χ4n) is 1.58. The molecule has 0 spiro atoms. The molecule has 0 amide bonds. The topological polar surface area (TPSA) is 83.5 Å². The van der Waals surface area contributed by atoms with E-state index in [0.717, 1.165) is 13.0 Å². The molecule has 0 aromatic carbocycles. The van der Waals surface area contributed by atoms with Gasteiger partial charge in [-0.3, -0.25) is 4.79 Å². The third-order valence-corrected chi connectivity index (χ3v) is 3.89. The van der Waals surface area contributed by atoms with Crippen LogP contribution in [-0.4, -0.2) is 44.6 Å². The van der Waals surface area contributed by atoms with Gasteiger partial charge in [0, 0.05) is 12.7 Å². The average Bonchev–Trinajstić information content (AvgIpc) is 2.19. The summed E-state index contributed by atoms with van der Waals surface area (Å²) in [5, 5.41) is 11.8. The Morgan fingerprint density at radius 3 is 2.33 bits per heavy atom. The summed E-state index contributed by atoms with van der Waals surface area (Å²) in [6.07, 6.45) is 3.60. The molecule has 0 saturated heterocycles. The number of carbonyl (C=O) groups is 1. The van der Waals surface area contributed by atoms with E-state index in [1.165, 1.54) is 6.26 Å². The highest BCUT2D eigenvalue weighted by Crippen LogP contribution is 2.25. The zero-order valence-corrected chi connectivity index (χ0v) is 12.3. The van der Waals surface area contributed by atoms with E-state index in [2.05, 4.69) is 5.32 Å². The van der Waals surface area contributed by atoms with E-state index in [-0.39, 0.29) is 17.6 Å². The van der Waals surface area contributed by atoms with Crippen LogP contribution in [-0.2, 0) is 14.6 Å². The van der Waals surface area contributed by atoms with E-state index < -0.39 is 15.8 Å². The van der Waals surface area contributed by atoms with Gasteiger partial charge in [-0.1, -0.05) is 13.8 Å². The first-order chi connectivity index (χ1) is 8.12. The fourth-order valence-corrected chi connectivity index (χ4v) is 2.25. The second kappa shape index (κ2) is 7.74. The highest BCUT2D eigenvalue weighted by molar-refractivity contribution is 7.90. The molecule has 0 aromatic rings. The maximum absolute atomic E-state index is 10.9. The predicted molar refractivity (Wildman–Crippen MR) is 72.5 cm³/mol. The normalized spacial score (nSPS) is 12.6. The van der Waals surface area contributed by atoms with Gasteiger partial charge in [-0.05, 0) is 37.8 Å². The lowest BCUT2D eigenvalue weighted by atomic mass is 9.84. The molecule has 0 fully saturated rings. The van der Waals surface area contributed by atoms with Crippen molar-refractivity contribution in [3.05, 3.63) is 0 Å². The minimum Gasteiger partial charge on any atom is -0.481 e. The lowest BCUT2D eigenvalue weighted by Crippen LogP contribution is -2.25. The molecule has 0 saturated carbocycles. The number of aliphatic carboxylic acids is 1. The van der Waals surface area contributed by atoms with E-state index in [4.69, 9.17) is 5.11 Å². The molecule has 0 aliphatic heterocycles. The molecular formula is C12H25NO4S. The van der Waals surface area contributed by atoms with Crippen LogP contribution >= 0.6 is 0 Å². The molecule has 108 valence electrons. The second-order valence-electron chi connectivity index (χ2n) is 5.54. The molecule has 0 bridgehead atoms. The van der Waals surface area contributed by atoms with Crippen LogP contribution in [0.1, 0.15) is 39.5 Å². The van der Waals surface area contributed by atoms with Crippen molar-refractivity contribution in [3.63, 3.8) is 0 Å². The number of carboxylic acid groups (broad SMARTS) is 1. The van der Waals surface area contributed by atoms with Crippen molar-refractivity contribution in [2.75, 3.05) is 25.1 Å². The van der Waals surface area contributed by atoms with Gasteiger partial charge in [0.1, 0.15) is 9.84 Å². The molecule has 5 nitrogen and oxygen atoms in total. The maximum atomic E-state index is 10.9. The molecule has 0 aliphatic rings. The Bertz CT molecular complexity index is 349. The summed E-state index contributed by atoms with van der Waals surface area (Å²) in [5.41, 5.74) is 0.00221. The third kappa shape index (κ3) is 11.9. The lowest BCUT2D eigenvalue weighted by Gasteiger charge is -2.23. The summed E-state index contributed by atoms with van der Waals surface area (Å²) in [4.78, 5) is 10.5. The van der Waals surface area contributed by atoms with Gasteiger partial charge in [-0.2, -0.15) is 0 Å². The van der Waals surface area contributed by atoms with Crippen molar-refractivity contribution in [1.82, 2.24) is 5.32 Å². The Morgan fingerprint density at radius 2 is 1.83 bits per heavy atom. The van der Waals surface area contributed by atoms with Crippen LogP contribution in [0.25, 0.3) is 0 Å². The number of hydrogen-bond donors (Lipinski definition) is 2. The number of sulfone groups is 1. The van der Waals surface area contributed by atoms with Crippen LogP contribution < -0.4 is 5.32 Å². The van der Waals surface area contributed by atoms with E-state index in [0.29, 0.717) is 19.4 Å². The fraction of sp³-hybridized carbons (Fsp3) is 0.917. The van der Waals surface area contributed by atoms with Crippen LogP contribution in [0.15, 0.2) is 0 Å². The lowest BCUT2D eigenvalue weighted by molar-refractivity contribution is -0.137. The molecule has 0 heterocycles. The number of carboxylic acids is 1. The molecule has 2 N–H and O–H groups in total. The van der Waals surface area contributed by atoms with E-state index in [9.17, 15) is 13.2 Å². The van der Waals surface area contributed by atoms with Crippen molar-refractivity contribution in [2.24, 2.45) is 5.41 Å². The average molecular weight is 279 g/mol. The molecule has 0 rings (SSSR count). The van der Waals surface area contributed by atoms with Gasteiger partial charge in [0.2, 0.25) is 0 Å². The Morgan fingerprint density at radius 1 is 1.22 bits per heavy atom. The summed E-state index contributed by atoms with van der Waals surface area (Å²) >= 11 is 0. The van der Waals surface area contributed by atoms with Gasteiger partial charge < -0.3 is 10.4 Å². The Balaban J connectivity index is 3.61.